The topological polar surface area (TPSA) is 58.2 Å². The third kappa shape index (κ3) is 4.63. The summed E-state index contributed by atoms with van der Waals surface area (Å²) in [6, 6.07) is 9.10. The van der Waals surface area contributed by atoms with Gasteiger partial charge in [-0.2, -0.15) is 0 Å². The van der Waals surface area contributed by atoms with Crippen LogP contribution in [-0.2, 0) is 4.79 Å². The first-order valence-corrected chi connectivity index (χ1v) is 9.14. The van der Waals surface area contributed by atoms with E-state index in [0.29, 0.717) is 17.0 Å². The first-order valence-electron chi connectivity index (χ1n) is 8.15. The van der Waals surface area contributed by atoms with E-state index in [1.807, 2.05) is 0 Å². The molecule has 0 atom stereocenters. The smallest absolute Gasteiger partial charge is 0.251 e. The lowest BCUT2D eigenvalue weighted by atomic mass is 10.0. The van der Waals surface area contributed by atoms with Gasteiger partial charge in [0.2, 0.25) is 5.91 Å². The molecule has 25 heavy (non-hydrogen) atoms. The molecule has 0 saturated carbocycles. The Morgan fingerprint density at radius 1 is 1.00 bits per heavy atom. The third-order valence-corrected chi connectivity index (χ3v) is 5.59. The minimum Gasteiger partial charge on any atom is -0.355 e. The predicted molar refractivity (Wildman–Crippen MR) is 105 cm³/mol. The van der Waals surface area contributed by atoms with E-state index in [1.54, 1.807) is 43.1 Å². The Bertz CT molecular complexity index is 789. The van der Waals surface area contributed by atoms with Gasteiger partial charge in [0, 0.05) is 23.2 Å². The lowest BCUT2D eigenvalue weighted by Gasteiger charge is -2.14. The van der Waals surface area contributed by atoms with E-state index in [1.165, 1.54) is 27.1 Å². The molecule has 0 saturated heterocycles. The lowest BCUT2D eigenvalue weighted by Crippen LogP contribution is -2.19. The zero-order valence-electron chi connectivity index (χ0n) is 15.3. The van der Waals surface area contributed by atoms with Crippen LogP contribution < -0.4 is 10.6 Å². The number of benzene rings is 2. The molecule has 0 heterocycles. The molecule has 0 aliphatic carbocycles. The summed E-state index contributed by atoms with van der Waals surface area (Å²) in [5, 5.41) is 5.44. The largest absolute Gasteiger partial charge is 0.355 e. The second-order valence-corrected chi connectivity index (χ2v) is 7.07. The molecule has 2 N–H and O–H groups in total. The average Bonchev–Trinajstić information content (AvgIpc) is 2.59. The van der Waals surface area contributed by atoms with Crippen molar-refractivity contribution in [2.24, 2.45) is 0 Å². The van der Waals surface area contributed by atoms with Crippen LogP contribution in [0.15, 0.2) is 35.2 Å². The van der Waals surface area contributed by atoms with Gasteiger partial charge >= 0.3 is 0 Å². The van der Waals surface area contributed by atoms with Crippen LogP contribution in [0.3, 0.4) is 0 Å². The fourth-order valence-corrected chi connectivity index (χ4v) is 3.72. The van der Waals surface area contributed by atoms with E-state index < -0.39 is 0 Å². The van der Waals surface area contributed by atoms with Gasteiger partial charge in [0.05, 0.1) is 5.75 Å². The Hall–Kier alpha value is -2.27. The summed E-state index contributed by atoms with van der Waals surface area (Å²) in [6.45, 7) is 8.37. The molecule has 2 rings (SSSR count). The molecular weight excluding hydrogens is 332 g/mol. The molecule has 0 aliphatic heterocycles. The molecule has 0 radical (unpaired) electrons. The molecule has 4 nitrogen and oxygen atoms in total. The zero-order valence-corrected chi connectivity index (χ0v) is 16.1. The van der Waals surface area contributed by atoms with Crippen molar-refractivity contribution in [3.8, 4) is 0 Å². The van der Waals surface area contributed by atoms with E-state index in [2.05, 4.69) is 44.4 Å². The highest BCUT2D eigenvalue weighted by molar-refractivity contribution is 8.00. The van der Waals surface area contributed by atoms with E-state index >= 15 is 0 Å². The lowest BCUT2D eigenvalue weighted by molar-refractivity contribution is -0.113. The highest BCUT2D eigenvalue weighted by atomic mass is 32.2. The standard InChI is InChI=1S/C20H24N2O2S/c1-12-9-13(2)15(4)19(14(12)3)25-11-18(23)22-17-8-6-7-16(10-17)20(24)21-5/h6-10H,11H2,1-5H3,(H,21,24)(H,22,23). The van der Waals surface area contributed by atoms with Crippen LogP contribution in [0.2, 0.25) is 0 Å². The van der Waals surface area contributed by atoms with Crippen molar-refractivity contribution in [1.29, 1.82) is 0 Å². The number of carbonyl (C=O) groups excluding carboxylic acids is 2. The number of carbonyl (C=O) groups is 2. The molecule has 2 aromatic carbocycles. The number of nitrogens with one attached hydrogen (secondary N) is 2. The minimum absolute atomic E-state index is 0.0861. The van der Waals surface area contributed by atoms with Gasteiger partial charge in [-0.05, 0) is 68.1 Å². The number of aryl methyl sites for hydroxylation is 2. The molecule has 0 spiro atoms. The molecule has 0 unspecified atom stereocenters. The summed E-state index contributed by atoms with van der Waals surface area (Å²) in [4.78, 5) is 25.1. The van der Waals surface area contributed by atoms with Gasteiger partial charge in [0.25, 0.3) is 5.91 Å². The van der Waals surface area contributed by atoms with Crippen LogP contribution in [0, 0.1) is 27.7 Å². The van der Waals surface area contributed by atoms with Crippen molar-refractivity contribution in [2.45, 2.75) is 32.6 Å². The fourth-order valence-electron chi connectivity index (χ4n) is 2.61. The molecule has 2 amide bonds. The molecule has 0 bridgehead atoms. The maximum Gasteiger partial charge on any atom is 0.251 e. The molecular formula is C20H24N2O2S. The summed E-state index contributed by atoms with van der Waals surface area (Å²) in [5.41, 5.74) is 6.08. The normalized spacial score (nSPS) is 10.4. The van der Waals surface area contributed by atoms with Crippen molar-refractivity contribution in [3.05, 3.63) is 58.1 Å². The number of hydrogen-bond acceptors (Lipinski definition) is 3. The molecule has 0 fully saturated rings. The van der Waals surface area contributed by atoms with Crippen LogP contribution in [-0.4, -0.2) is 24.6 Å². The zero-order chi connectivity index (χ0) is 18.6. The quantitative estimate of drug-likeness (QED) is 0.796. The molecule has 2 aromatic rings. The van der Waals surface area contributed by atoms with Gasteiger partial charge in [0.15, 0.2) is 0 Å². The van der Waals surface area contributed by atoms with Crippen LogP contribution in [0.5, 0.6) is 0 Å². The van der Waals surface area contributed by atoms with Gasteiger partial charge < -0.3 is 10.6 Å². The fraction of sp³-hybridized carbons (Fsp3) is 0.300. The van der Waals surface area contributed by atoms with Crippen LogP contribution in [0.1, 0.15) is 32.6 Å². The first kappa shape index (κ1) is 19.1. The Morgan fingerprint density at radius 2 is 1.64 bits per heavy atom. The Kier molecular flexibility index (Phi) is 6.26. The number of hydrogen-bond donors (Lipinski definition) is 2. The highest BCUT2D eigenvalue weighted by Crippen LogP contribution is 2.30. The van der Waals surface area contributed by atoms with Gasteiger partial charge in [-0.1, -0.05) is 12.1 Å². The summed E-state index contributed by atoms with van der Waals surface area (Å²) in [5.74, 6) is 0.0679. The number of rotatable bonds is 5. The summed E-state index contributed by atoms with van der Waals surface area (Å²) in [7, 11) is 1.58. The van der Waals surface area contributed by atoms with Gasteiger partial charge in [-0.25, -0.2) is 0 Å². The average molecular weight is 356 g/mol. The predicted octanol–water partition coefficient (Wildman–Crippen LogP) is 4.01. The number of anilines is 1. The summed E-state index contributed by atoms with van der Waals surface area (Å²) in [6.07, 6.45) is 0. The van der Waals surface area contributed by atoms with Crippen molar-refractivity contribution < 1.29 is 9.59 Å². The Morgan fingerprint density at radius 3 is 2.24 bits per heavy atom. The third-order valence-electron chi connectivity index (χ3n) is 4.28. The van der Waals surface area contributed by atoms with Gasteiger partial charge in [0.1, 0.15) is 0 Å². The molecule has 0 aromatic heterocycles. The minimum atomic E-state index is -0.174. The second-order valence-electron chi connectivity index (χ2n) is 6.09. The van der Waals surface area contributed by atoms with E-state index in [9.17, 15) is 9.59 Å². The van der Waals surface area contributed by atoms with Crippen molar-refractivity contribution in [2.75, 3.05) is 18.1 Å². The summed E-state index contributed by atoms with van der Waals surface area (Å²) >= 11 is 1.55. The number of amides is 2. The van der Waals surface area contributed by atoms with Crippen LogP contribution in [0.25, 0.3) is 0 Å². The van der Waals surface area contributed by atoms with E-state index in [0.717, 1.165) is 0 Å². The molecule has 0 aliphatic rings. The first-order chi connectivity index (χ1) is 11.8. The van der Waals surface area contributed by atoms with Crippen molar-refractivity contribution >= 4 is 29.3 Å². The van der Waals surface area contributed by atoms with Crippen LogP contribution >= 0.6 is 11.8 Å². The Labute approximate surface area is 153 Å². The van der Waals surface area contributed by atoms with E-state index in [-0.39, 0.29) is 11.8 Å². The van der Waals surface area contributed by atoms with Crippen LogP contribution in [0.4, 0.5) is 5.69 Å². The second kappa shape index (κ2) is 8.21. The Balaban J connectivity index is 2.06. The molecule has 132 valence electrons. The maximum atomic E-state index is 12.3. The van der Waals surface area contributed by atoms with Gasteiger partial charge in [-0.3, -0.25) is 9.59 Å². The SMILES string of the molecule is CNC(=O)c1cccc(NC(=O)CSc2c(C)c(C)cc(C)c2C)c1. The van der Waals surface area contributed by atoms with Crippen molar-refractivity contribution in [1.82, 2.24) is 5.32 Å². The maximum absolute atomic E-state index is 12.3. The number of thioether (sulfide) groups is 1. The highest BCUT2D eigenvalue weighted by Gasteiger charge is 2.12. The van der Waals surface area contributed by atoms with E-state index in [4.69, 9.17) is 0 Å². The van der Waals surface area contributed by atoms with Gasteiger partial charge in [-0.15, -0.1) is 11.8 Å². The summed E-state index contributed by atoms with van der Waals surface area (Å²) < 4.78 is 0. The monoisotopic (exact) mass is 356 g/mol. The van der Waals surface area contributed by atoms with Crippen molar-refractivity contribution in [3.63, 3.8) is 0 Å². The molecule has 5 heteroatoms.